The van der Waals surface area contributed by atoms with E-state index < -0.39 is 16.2 Å². The van der Waals surface area contributed by atoms with E-state index >= 15 is 0 Å². The van der Waals surface area contributed by atoms with Gasteiger partial charge in [0.25, 0.3) is 10.1 Å². The van der Waals surface area contributed by atoms with E-state index in [9.17, 15) is 8.42 Å². The van der Waals surface area contributed by atoms with Gasteiger partial charge in [0.1, 0.15) is 0 Å². The van der Waals surface area contributed by atoms with Crippen LogP contribution >= 0.6 is 0 Å². The third-order valence-electron chi connectivity index (χ3n) is 2.33. The lowest BCUT2D eigenvalue weighted by Crippen LogP contribution is -2.21. The summed E-state index contributed by atoms with van der Waals surface area (Å²) < 4.78 is 33.4. The number of allylic oxidation sites excluding steroid dienone is 4. The molecule has 92 valence electrons. The van der Waals surface area contributed by atoms with Crippen LogP contribution in [0.25, 0.3) is 0 Å². The van der Waals surface area contributed by atoms with Crippen LogP contribution in [0, 0.1) is 0 Å². The zero-order chi connectivity index (χ0) is 12.2. The highest BCUT2D eigenvalue weighted by atomic mass is 32.2. The number of ether oxygens (including phenoxy) is 1. The fourth-order valence-electron chi connectivity index (χ4n) is 1.47. The summed E-state index contributed by atoms with van der Waals surface area (Å²) in [6, 6.07) is 0. The van der Waals surface area contributed by atoms with Crippen molar-refractivity contribution in [1.82, 2.24) is 0 Å². The molecule has 0 spiro atoms. The Bertz CT molecular complexity index is 392. The molecule has 4 nitrogen and oxygen atoms in total. The van der Waals surface area contributed by atoms with Gasteiger partial charge in [0.2, 0.25) is 0 Å². The zero-order valence-electron chi connectivity index (χ0n) is 9.89. The van der Waals surface area contributed by atoms with Crippen molar-refractivity contribution in [3.63, 3.8) is 0 Å². The van der Waals surface area contributed by atoms with E-state index in [-0.39, 0.29) is 6.61 Å². The molecule has 5 heteroatoms. The van der Waals surface area contributed by atoms with Crippen molar-refractivity contribution in [3.8, 4) is 0 Å². The molecule has 0 aromatic heterocycles. The molecule has 1 unspecified atom stereocenters. The summed E-state index contributed by atoms with van der Waals surface area (Å²) in [5.74, 6) is 0. The Hall–Kier alpha value is -0.650. The Balaban J connectivity index is 2.71. The summed E-state index contributed by atoms with van der Waals surface area (Å²) in [7, 11) is -2.08. The van der Waals surface area contributed by atoms with E-state index in [2.05, 4.69) is 0 Å². The van der Waals surface area contributed by atoms with E-state index in [1.807, 2.05) is 13.0 Å². The van der Waals surface area contributed by atoms with Crippen molar-refractivity contribution in [2.45, 2.75) is 32.8 Å². The Morgan fingerprint density at radius 3 is 2.56 bits per heavy atom. The molecule has 1 aliphatic carbocycles. The molecule has 0 aliphatic heterocycles. The first kappa shape index (κ1) is 13.4. The van der Waals surface area contributed by atoms with Crippen LogP contribution in [-0.2, 0) is 19.0 Å². The predicted octanol–water partition coefficient (Wildman–Crippen LogP) is 1.99. The summed E-state index contributed by atoms with van der Waals surface area (Å²) in [6.45, 7) is 3.92. The van der Waals surface area contributed by atoms with Crippen LogP contribution in [0.4, 0.5) is 0 Å². The van der Waals surface area contributed by atoms with Crippen LogP contribution in [0.15, 0.2) is 22.6 Å². The molecular weight excluding hydrogens is 228 g/mol. The van der Waals surface area contributed by atoms with Crippen LogP contribution in [0.5, 0.6) is 0 Å². The van der Waals surface area contributed by atoms with Crippen molar-refractivity contribution in [1.29, 1.82) is 0 Å². The van der Waals surface area contributed by atoms with Crippen molar-refractivity contribution in [3.05, 3.63) is 22.6 Å². The zero-order valence-corrected chi connectivity index (χ0v) is 10.7. The van der Waals surface area contributed by atoms with Gasteiger partial charge < -0.3 is 4.74 Å². The lowest BCUT2D eigenvalue weighted by Gasteiger charge is -2.16. The van der Waals surface area contributed by atoms with Gasteiger partial charge in [0.15, 0.2) is 0 Å². The number of hydrogen-bond acceptors (Lipinski definition) is 4. The van der Waals surface area contributed by atoms with E-state index in [1.54, 1.807) is 13.0 Å². The Morgan fingerprint density at radius 1 is 1.38 bits per heavy atom. The van der Waals surface area contributed by atoms with Gasteiger partial charge in [-0.05, 0) is 32.8 Å². The Morgan fingerprint density at radius 2 is 2.06 bits per heavy atom. The maximum Gasteiger partial charge on any atom is 0.293 e. The van der Waals surface area contributed by atoms with Crippen LogP contribution in [0.2, 0.25) is 0 Å². The largest absolute Gasteiger partial charge is 0.382 e. The van der Waals surface area contributed by atoms with E-state index in [1.165, 1.54) is 12.7 Å². The topological polar surface area (TPSA) is 52.6 Å². The Kier molecular flexibility index (Phi) is 4.70. The molecule has 0 saturated carbocycles. The lowest BCUT2D eigenvalue weighted by molar-refractivity contribution is 0.0970. The molecule has 1 rings (SSSR count). The van der Waals surface area contributed by atoms with Crippen molar-refractivity contribution >= 4 is 10.1 Å². The van der Waals surface area contributed by atoms with Gasteiger partial charge >= 0.3 is 0 Å². The van der Waals surface area contributed by atoms with Gasteiger partial charge in [-0.15, -0.1) is 0 Å². The number of methoxy groups -OCH3 is 1. The molecule has 0 saturated heterocycles. The van der Waals surface area contributed by atoms with Crippen molar-refractivity contribution in [2.24, 2.45) is 0 Å². The molecule has 0 aromatic rings. The third kappa shape index (κ3) is 3.73. The molecule has 1 atom stereocenters. The van der Waals surface area contributed by atoms with Crippen LogP contribution in [-0.4, -0.2) is 28.2 Å². The van der Waals surface area contributed by atoms with E-state index in [0.717, 1.165) is 6.42 Å². The third-order valence-corrected chi connectivity index (χ3v) is 3.90. The maximum atomic E-state index is 11.8. The minimum Gasteiger partial charge on any atom is -0.382 e. The summed E-state index contributed by atoms with van der Waals surface area (Å²) in [6.07, 6.45) is 4.27. The highest BCUT2D eigenvalue weighted by Crippen LogP contribution is 2.24. The van der Waals surface area contributed by atoms with Crippen LogP contribution in [0.1, 0.15) is 26.7 Å². The molecule has 0 heterocycles. The highest BCUT2D eigenvalue weighted by Gasteiger charge is 2.22. The molecular formula is C11H18O4S. The fraction of sp³-hybridized carbons (Fsp3) is 0.636. The first-order valence-corrected chi connectivity index (χ1v) is 6.65. The lowest BCUT2D eigenvalue weighted by atomic mass is 10.1. The minimum atomic E-state index is -3.59. The smallest absolute Gasteiger partial charge is 0.293 e. The monoisotopic (exact) mass is 246 g/mol. The van der Waals surface area contributed by atoms with Gasteiger partial charge in [-0.25, -0.2) is 0 Å². The first-order chi connectivity index (χ1) is 7.45. The van der Waals surface area contributed by atoms with Crippen LogP contribution < -0.4 is 0 Å². The average Bonchev–Trinajstić information content (AvgIpc) is 2.17. The van der Waals surface area contributed by atoms with Gasteiger partial charge in [0, 0.05) is 7.11 Å². The molecule has 0 radical (unpaired) electrons. The fourth-order valence-corrected chi connectivity index (χ4v) is 2.67. The van der Waals surface area contributed by atoms with E-state index in [4.69, 9.17) is 8.92 Å². The second-order valence-corrected chi connectivity index (χ2v) is 5.59. The van der Waals surface area contributed by atoms with Gasteiger partial charge in [-0.3, -0.25) is 4.18 Å². The standard InChI is InChI=1S/C11H18O4S/c1-9-4-6-11(7-5-9)16(12,13)15-10(2)8-14-3/h4,6,10H,5,7-8H2,1-3H3. The second-order valence-electron chi connectivity index (χ2n) is 3.96. The van der Waals surface area contributed by atoms with Crippen molar-refractivity contribution in [2.75, 3.05) is 13.7 Å². The van der Waals surface area contributed by atoms with Gasteiger partial charge in [0.05, 0.1) is 17.6 Å². The second kappa shape index (κ2) is 5.61. The van der Waals surface area contributed by atoms with Crippen LogP contribution in [0.3, 0.4) is 0 Å². The van der Waals surface area contributed by atoms with E-state index in [0.29, 0.717) is 11.3 Å². The summed E-state index contributed by atoms with van der Waals surface area (Å²) in [4.78, 5) is 0.348. The molecule has 1 aliphatic rings. The summed E-state index contributed by atoms with van der Waals surface area (Å²) in [5, 5.41) is 0. The molecule has 0 aromatic carbocycles. The maximum absolute atomic E-state index is 11.8. The van der Waals surface area contributed by atoms with Crippen molar-refractivity contribution < 1.29 is 17.3 Å². The normalized spacial score (nSPS) is 18.9. The molecule has 0 N–H and O–H groups in total. The minimum absolute atomic E-state index is 0.265. The summed E-state index contributed by atoms with van der Waals surface area (Å²) >= 11 is 0. The number of hydrogen-bond donors (Lipinski definition) is 0. The number of rotatable bonds is 5. The van der Waals surface area contributed by atoms with Gasteiger partial charge in [-0.2, -0.15) is 8.42 Å². The molecule has 16 heavy (non-hydrogen) atoms. The molecule has 0 fully saturated rings. The average molecular weight is 246 g/mol. The first-order valence-electron chi connectivity index (χ1n) is 5.24. The molecule has 0 bridgehead atoms. The quantitative estimate of drug-likeness (QED) is 0.696. The Labute approximate surface area is 97.1 Å². The SMILES string of the molecule is COCC(C)OS(=O)(=O)C1=CC=C(C)CC1. The highest BCUT2D eigenvalue weighted by molar-refractivity contribution is 7.90. The predicted molar refractivity (Wildman–Crippen MR) is 62.4 cm³/mol. The van der Waals surface area contributed by atoms with Gasteiger partial charge in [-0.1, -0.05) is 11.6 Å². The summed E-state index contributed by atoms with van der Waals surface area (Å²) in [5.41, 5.74) is 1.18. The molecule has 0 amide bonds.